The Morgan fingerprint density at radius 3 is 2.20 bits per heavy atom. The molecule has 0 aliphatic carbocycles. The number of benzene rings is 2. The lowest BCUT2D eigenvalue weighted by molar-refractivity contribution is -0.218. The molecule has 0 amide bonds. The van der Waals surface area contributed by atoms with Crippen molar-refractivity contribution >= 4 is 0 Å². The molecule has 1 fully saturated rings. The van der Waals surface area contributed by atoms with E-state index in [4.69, 9.17) is 14.2 Å². The molecule has 2 atom stereocenters. The van der Waals surface area contributed by atoms with Crippen molar-refractivity contribution in [2.75, 3.05) is 19.8 Å². The summed E-state index contributed by atoms with van der Waals surface area (Å²) in [6.07, 6.45) is 0.741. The van der Waals surface area contributed by atoms with E-state index in [2.05, 4.69) is 4.98 Å². The largest absolute Gasteiger partial charge is 0.393 e. The molecule has 0 radical (unpaired) electrons. The van der Waals surface area contributed by atoms with E-state index in [1.165, 1.54) is 10.8 Å². The van der Waals surface area contributed by atoms with Crippen LogP contribution in [0, 0.1) is 6.92 Å². The van der Waals surface area contributed by atoms with Crippen molar-refractivity contribution < 1.29 is 24.4 Å². The molecule has 9 heteroatoms. The molecule has 1 aliphatic heterocycles. The van der Waals surface area contributed by atoms with Gasteiger partial charge in [0.15, 0.2) is 5.72 Å². The van der Waals surface area contributed by atoms with Crippen LogP contribution in [0.2, 0.25) is 0 Å². The lowest BCUT2D eigenvalue weighted by Gasteiger charge is -2.34. The van der Waals surface area contributed by atoms with Gasteiger partial charge in [-0.05, 0) is 18.1 Å². The fourth-order valence-electron chi connectivity index (χ4n) is 4.34. The summed E-state index contributed by atoms with van der Waals surface area (Å²) < 4.78 is 19.7. The number of nitrogens with zero attached hydrogens (tertiary/aromatic N) is 1. The number of rotatable bonds is 10. The maximum Gasteiger partial charge on any atom is 0.330 e. The minimum absolute atomic E-state index is 0.0831. The van der Waals surface area contributed by atoms with E-state index in [1.807, 2.05) is 60.7 Å². The summed E-state index contributed by atoms with van der Waals surface area (Å²) in [4.78, 5) is 27.2. The predicted octanol–water partition coefficient (Wildman–Crippen LogP) is 1.44. The number of aliphatic hydroxyl groups is 2. The summed E-state index contributed by atoms with van der Waals surface area (Å²) in [7, 11) is 0. The van der Waals surface area contributed by atoms with Gasteiger partial charge in [0.1, 0.15) is 5.60 Å². The Labute approximate surface area is 202 Å². The number of aromatic amines is 1. The zero-order chi connectivity index (χ0) is 24.9. The zero-order valence-corrected chi connectivity index (χ0v) is 19.6. The van der Waals surface area contributed by atoms with Crippen molar-refractivity contribution in [1.29, 1.82) is 0 Å². The number of hydrogen-bond acceptors (Lipinski definition) is 7. The number of H-pyrrole nitrogens is 1. The molecule has 35 heavy (non-hydrogen) atoms. The van der Waals surface area contributed by atoms with E-state index in [9.17, 15) is 19.8 Å². The van der Waals surface area contributed by atoms with Gasteiger partial charge in [-0.25, -0.2) is 4.79 Å². The van der Waals surface area contributed by atoms with E-state index in [0.717, 1.165) is 11.1 Å². The van der Waals surface area contributed by atoms with Crippen molar-refractivity contribution in [3.8, 4) is 0 Å². The van der Waals surface area contributed by atoms with Gasteiger partial charge < -0.3 is 24.4 Å². The molecule has 0 bridgehead atoms. The Balaban J connectivity index is 1.68. The Morgan fingerprint density at radius 1 is 1.00 bits per heavy atom. The third kappa shape index (κ3) is 5.29. The van der Waals surface area contributed by atoms with Crippen molar-refractivity contribution in [2.45, 2.75) is 44.0 Å². The molecule has 4 rings (SSSR count). The second kappa shape index (κ2) is 10.7. The van der Waals surface area contributed by atoms with Gasteiger partial charge in [-0.2, -0.15) is 0 Å². The average molecular weight is 483 g/mol. The monoisotopic (exact) mass is 482 g/mol. The van der Waals surface area contributed by atoms with Gasteiger partial charge in [0.2, 0.25) is 0 Å². The highest BCUT2D eigenvalue weighted by Crippen LogP contribution is 2.43. The van der Waals surface area contributed by atoms with Crippen molar-refractivity contribution in [3.05, 3.63) is 104 Å². The Bertz CT molecular complexity index is 1220. The molecule has 0 saturated carbocycles. The van der Waals surface area contributed by atoms with Crippen molar-refractivity contribution in [2.24, 2.45) is 0 Å². The van der Waals surface area contributed by atoms with Crippen molar-refractivity contribution in [1.82, 2.24) is 9.55 Å². The van der Waals surface area contributed by atoms with E-state index in [-0.39, 0.29) is 26.2 Å². The molecular formula is C26H30N2O7. The number of nitrogens with one attached hydrogen (secondary N) is 1. The summed E-state index contributed by atoms with van der Waals surface area (Å²) in [5.74, 6) is 0. The van der Waals surface area contributed by atoms with Crippen LogP contribution in [0.1, 0.15) is 23.1 Å². The maximum atomic E-state index is 12.9. The van der Waals surface area contributed by atoms with E-state index >= 15 is 0 Å². The Kier molecular flexibility index (Phi) is 7.63. The topological polar surface area (TPSA) is 123 Å². The van der Waals surface area contributed by atoms with Gasteiger partial charge in [-0.1, -0.05) is 60.7 Å². The summed E-state index contributed by atoms with van der Waals surface area (Å²) in [6, 6.07) is 19.0. The zero-order valence-electron chi connectivity index (χ0n) is 19.6. The summed E-state index contributed by atoms with van der Waals surface area (Å²) in [6.45, 7) is 0.888. The van der Waals surface area contributed by atoms with E-state index in [0.29, 0.717) is 5.56 Å². The smallest absolute Gasteiger partial charge is 0.330 e. The first-order chi connectivity index (χ1) is 16.9. The maximum absolute atomic E-state index is 12.9. The van der Waals surface area contributed by atoms with Gasteiger partial charge in [0.05, 0.1) is 39.1 Å². The number of ether oxygens (including phenoxy) is 3. The summed E-state index contributed by atoms with van der Waals surface area (Å²) in [5, 5.41) is 20.6. The summed E-state index contributed by atoms with van der Waals surface area (Å²) >= 11 is 0. The predicted molar refractivity (Wildman–Crippen MR) is 128 cm³/mol. The number of hydrogen-bond donors (Lipinski definition) is 3. The minimum atomic E-state index is -1.49. The molecule has 1 aliphatic rings. The first-order valence-corrected chi connectivity index (χ1v) is 11.4. The lowest BCUT2D eigenvalue weighted by atomic mass is 9.96. The molecule has 0 spiro atoms. The molecular weight excluding hydrogens is 452 g/mol. The quantitative estimate of drug-likeness (QED) is 0.400. The van der Waals surface area contributed by atoms with Crippen LogP contribution < -0.4 is 11.2 Å². The van der Waals surface area contributed by atoms with Gasteiger partial charge >= 0.3 is 5.69 Å². The van der Waals surface area contributed by atoms with Gasteiger partial charge in [-0.3, -0.25) is 14.3 Å². The van der Waals surface area contributed by atoms with Crippen LogP contribution in [-0.4, -0.2) is 51.3 Å². The van der Waals surface area contributed by atoms with Crippen LogP contribution >= 0.6 is 0 Å². The first-order valence-electron chi connectivity index (χ1n) is 11.4. The number of aromatic nitrogens is 2. The number of aryl methyl sites for hydroxylation is 1. The lowest BCUT2D eigenvalue weighted by Crippen LogP contribution is -2.51. The highest BCUT2D eigenvalue weighted by atomic mass is 16.6. The van der Waals surface area contributed by atoms with Crippen LogP contribution in [-0.2, 0) is 33.1 Å². The average Bonchev–Trinajstić information content (AvgIpc) is 3.21. The first kappa shape index (κ1) is 25.0. The van der Waals surface area contributed by atoms with Gasteiger partial charge in [0, 0.05) is 18.2 Å². The van der Waals surface area contributed by atoms with Crippen LogP contribution in [0.4, 0.5) is 0 Å². The van der Waals surface area contributed by atoms with Crippen LogP contribution in [0.5, 0.6) is 0 Å². The van der Waals surface area contributed by atoms with Gasteiger partial charge in [0.25, 0.3) is 5.56 Å². The van der Waals surface area contributed by atoms with Crippen LogP contribution in [0.3, 0.4) is 0 Å². The molecule has 3 N–H and O–H groups in total. The molecule has 0 unspecified atom stereocenters. The second-order valence-electron chi connectivity index (χ2n) is 8.84. The SMILES string of the molecule is Cc1cn([C@@]2(COCc3ccccc3)C[C@H](OCc3ccccc3)C(CO)(CO)O2)c(=O)[nH]c1=O. The molecule has 1 aromatic heterocycles. The van der Waals surface area contributed by atoms with Crippen molar-refractivity contribution in [3.63, 3.8) is 0 Å². The summed E-state index contributed by atoms with van der Waals surface area (Å²) in [5.41, 5.74) is -1.97. The highest BCUT2D eigenvalue weighted by Gasteiger charge is 2.58. The molecule has 186 valence electrons. The Hall–Kier alpha value is -3.08. The highest BCUT2D eigenvalue weighted by molar-refractivity contribution is 5.15. The fraction of sp³-hybridized carbons (Fsp3) is 0.385. The molecule has 3 aromatic rings. The molecule has 1 saturated heterocycles. The fourth-order valence-corrected chi connectivity index (χ4v) is 4.34. The molecule has 2 heterocycles. The molecule has 2 aromatic carbocycles. The third-order valence-corrected chi connectivity index (χ3v) is 6.31. The third-order valence-electron chi connectivity index (χ3n) is 6.31. The van der Waals surface area contributed by atoms with Gasteiger partial charge in [-0.15, -0.1) is 0 Å². The Morgan fingerprint density at radius 2 is 1.60 bits per heavy atom. The van der Waals surface area contributed by atoms with Crippen LogP contribution in [0.15, 0.2) is 76.4 Å². The van der Waals surface area contributed by atoms with Crippen LogP contribution in [0.25, 0.3) is 0 Å². The second-order valence-corrected chi connectivity index (χ2v) is 8.84. The minimum Gasteiger partial charge on any atom is -0.393 e. The normalized spacial score (nSPS) is 21.3. The standard InChI is InChI=1S/C26H30N2O7/c1-19-13-28(24(32)27-23(19)31)26(18-33-14-20-8-4-2-5-9-20)12-22(25(16-29,17-30)35-26)34-15-21-10-6-3-7-11-21/h2-11,13,22,29-30H,12,14-18H2,1H3,(H,27,31,32)/t22-,26-/m0/s1. The number of aliphatic hydroxyl groups excluding tert-OH is 2. The van der Waals surface area contributed by atoms with E-state index < -0.39 is 41.9 Å². The molecule has 9 nitrogen and oxygen atoms in total. The van der Waals surface area contributed by atoms with E-state index in [1.54, 1.807) is 6.92 Å².